The van der Waals surface area contributed by atoms with Gasteiger partial charge in [-0.05, 0) is 13.8 Å². The molecule has 10 heteroatoms. The fraction of sp³-hybridized carbons (Fsp3) is 0.583. The van der Waals surface area contributed by atoms with Crippen molar-refractivity contribution in [1.82, 2.24) is 14.9 Å². The van der Waals surface area contributed by atoms with Gasteiger partial charge in [-0.25, -0.2) is 14.8 Å². The van der Waals surface area contributed by atoms with E-state index in [1.807, 2.05) is 0 Å². The molecule has 0 radical (unpaired) electrons. The van der Waals surface area contributed by atoms with Gasteiger partial charge in [-0.1, -0.05) is 0 Å². The third kappa shape index (κ3) is 3.70. The topological polar surface area (TPSA) is 69.6 Å². The average Bonchev–Trinajstić information content (AvgIpc) is 2.36. The van der Waals surface area contributed by atoms with Crippen molar-refractivity contribution in [3.63, 3.8) is 0 Å². The van der Waals surface area contributed by atoms with Gasteiger partial charge in [0.25, 0.3) is 0 Å². The molecule has 1 aromatic rings. The van der Waals surface area contributed by atoms with E-state index < -0.39 is 18.0 Å². The van der Waals surface area contributed by atoms with E-state index in [9.17, 15) is 18.0 Å². The highest BCUT2D eigenvalue weighted by Gasteiger charge is 2.35. The monoisotopic (exact) mass is 340 g/mol. The minimum atomic E-state index is -4.52. The Morgan fingerprint density at radius 1 is 1.23 bits per heavy atom. The summed E-state index contributed by atoms with van der Waals surface area (Å²) < 4.78 is 37.3. The fourth-order valence-corrected chi connectivity index (χ4v) is 2.52. The molecule has 1 N–H and O–H groups in total. The van der Waals surface area contributed by atoms with E-state index in [0.717, 1.165) is 6.20 Å². The first-order valence-electron chi connectivity index (χ1n) is 6.35. The number of hydrogen-bond donors (Lipinski definition) is 1. The first kappa shape index (κ1) is 18.3. The van der Waals surface area contributed by atoms with Gasteiger partial charge in [0.05, 0.1) is 24.5 Å². The van der Waals surface area contributed by atoms with Crippen LogP contribution in [-0.2, 0) is 6.18 Å². The van der Waals surface area contributed by atoms with Crippen LogP contribution in [0.15, 0.2) is 12.4 Å². The molecule has 0 bridgehead atoms. The van der Waals surface area contributed by atoms with Crippen LogP contribution >= 0.6 is 12.4 Å². The molecule has 0 aliphatic carbocycles. The number of amides is 1. The zero-order valence-electron chi connectivity index (χ0n) is 11.9. The lowest BCUT2D eigenvalue weighted by atomic mass is 10.1. The molecular formula is C12H16ClF3N4O2. The number of piperazine rings is 1. The maximum atomic E-state index is 12.4. The van der Waals surface area contributed by atoms with E-state index >= 15 is 0 Å². The third-order valence-corrected chi connectivity index (χ3v) is 3.39. The standard InChI is InChI=1S/C12H15F3N4O2.ClH/c1-7-5-18(6-8(2)19(7)11(20)21)10-4-16-9(3-17-10)12(13,14)15;/h3-4,7-8H,5-6H2,1-2H3,(H,20,21);1H/t7-,8+;. The van der Waals surface area contributed by atoms with E-state index in [1.165, 1.54) is 4.90 Å². The number of hydrogen-bond acceptors (Lipinski definition) is 4. The Morgan fingerprint density at radius 3 is 2.14 bits per heavy atom. The number of halogens is 4. The number of alkyl halides is 3. The van der Waals surface area contributed by atoms with Crippen molar-refractivity contribution in [2.45, 2.75) is 32.1 Å². The molecule has 0 unspecified atom stereocenters. The second-order valence-corrected chi connectivity index (χ2v) is 5.05. The SMILES string of the molecule is C[C@@H]1CN(c2cnc(C(F)(F)F)cn2)C[C@H](C)N1C(=O)O.Cl. The van der Waals surface area contributed by atoms with Crippen LogP contribution in [0.2, 0.25) is 0 Å². The summed E-state index contributed by atoms with van der Waals surface area (Å²) in [6, 6.07) is -0.564. The Bertz CT molecular complexity index is 514. The molecular weight excluding hydrogens is 325 g/mol. The maximum Gasteiger partial charge on any atom is 0.434 e. The largest absolute Gasteiger partial charge is 0.465 e. The van der Waals surface area contributed by atoms with E-state index in [2.05, 4.69) is 9.97 Å². The Morgan fingerprint density at radius 2 is 1.77 bits per heavy atom. The summed E-state index contributed by atoms with van der Waals surface area (Å²) >= 11 is 0. The molecule has 1 saturated heterocycles. The van der Waals surface area contributed by atoms with Crippen LogP contribution in [0.5, 0.6) is 0 Å². The highest BCUT2D eigenvalue weighted by molar-refractivity contribution is 5.85. The van der Waals surface area contributed by atoms with Gasteiger partial charge < -0.3 is 10.0 Å². The highest BCUT2D eigenvalue weighted by Crippen LogP contribution is 2.28. The van der Waals surface area contributed by atoms with E-state index in [-0.39, 0.29) is 24.5 Å². The number of carbonyl (C=O) groups is 1. The predicted molar refractivity (Wildman–Crippen MR) is 75.3 cm³/mol. The summed E-state index contributed by atoms with van der Waals surface area (Å²) in [6.45, 7) is 4.20. The lowest BCUT2D eigenvalue weighted by molar-refractivity contribution is -0.141. The van der Waals surface area contributed by atoms with Crippen LogP contribution in [0.4, 0.5) is 23.8 Å². The molecule has 0 spiro atoms. The van der Waals surface area contributed by atoms with Crippen LogP contribution < -0.4 is 4.90 Å². The van der Waals surface area contributed by atoms with Gasteiger partial charge in [0.2, 0.25) is 0 Å². The Balaban J connectivity index is 0.00000242. The van der Waals surface area contributed by atoms with Crippen molar-refractivity contribution >= 4 is 24.3 Å². The normalized spacial score (nSPS) is 22.2. The number of nitrogens with zero attached hydrogens (tertiary/aromatic N) is 4. The fourth-order valence-electron chi connectivity index (χ4n) is 2.52. The molecule has 1 aliphatic rings. The molecule has 6 nitrogen and oxygen atoms in total. The van der Waals surface area contributed by atoms with Crippen LogP contribution in [0.25, 0.3) is 0 Å². The van der Waals surface area contributed by atoms with Crippen molar-refractivity contribution in [3.05, 3.63) is 18.1 Å². The molecule has 0 saturated carbocycles. The molecule has 1 fully saturated rings. The minimum absolute atomic E-state index is 0. The number of aromatic nitrogens is 2. The minimum Gasteiger partial charge on any atom is -0.465 e. The first-order chi connectivity index (χ1) is 9.70. The van der Waals surface area contributed by atoms with Crippen molar-refractivity contribution in [1.29, 1.82) is 0 Å². The summed E-state index contributed by atoms with van der Waals surface area (Å²) in [5, 5.41) is 9.12. The lowest BCUT2D eigenvalue weighted by Gasteiger charge is -2.43. The number of carboxylic acid groups (broad SMARTS) is 1. The van der Waals surface area contributed by atoms with Crippen LogP contribution in [0.3, 0.4) is 0 Å². The van der Waals surface area contributed by atoms with Gasteiger partial charge >= 0.3 is 12.3 Å². The summed E-state index contributed by atoms with van der Waals surface area (Å²) in [7, 11) is 0. The second-order valence-electron chi connectivity index (χ2n) is 5.05. The van der Waals surface area contributed by atoms with Gasteiger partial charge in [-0.15, -0.1) is 12.4 Å². The smallest absolute Gasteiger partial charge is 0.434 e. The molecule has 1 aliphatic heterocycles. The molecule has 124 valence electrons. The van der Waals surface area contributed by atoms with Crippen molar-refractivity contribution in [3.8, 4) is 0 Å². The van der Waals surface area contributed by atoms with Gasteiger partial charge in [-0.2, -0.15) is 13.2 Å². The summed E-state index contributed by atoms with van der Waals surface area (Å²) in [5.74, 6) is 0.312. The van der Waals surface area contributed by atoms with Crippen molar-refractivity contribution < 1.29 is 23.1 Å². The summed E-state index contributed by atoms with van der Waals surface area (Å²) in [5.41, 5.74) is -1.04. The van der Waals surface area contributed by atoms with E-state index in [0.29, 0.717) is 25.1 Å². The zero-order chi connectivity index (χ0) is 15.8. The van der Waals surface area contributed by atoms with E-state index in [1.54, 1.807) is 18.7 Å². The third-order valence-electron chi connectivity index (χ3n) is 3.39. The Kier molecular flexibility index (Phi) is 5.44. The van der Waals surface area contributed by atoms with Gasteiger partial charge in [-0.3, -0.25) is 4.90 Å². The molecule has 22 heavy (non-hydrogen) atoms. The van der Waals surface area contributed by atoms with Crippen LogP contribution in [-0.4, -0.2) is 51.2 Å². The first-order valence-corrected chi connectivity index (χ1v) is 6.35. The molecule has 2 rings (SSSR count). The molecule has 1 amide bonds. The Labute approximate surface area is 131 Å². The lowest BCUT2D eigenvalue weighted by Crippen LogP contribution is -2.58. The number of anilines is 1. The molecule has 1 aromatic heterocycles. The average molecular weight is 341 g/mol. The summed E-state index contributed by atoms with van der Waals surface area (Å²) in [4.78, 5) is 21.3. The maximum absolute atomic E-state index is 12.4. The predicted octanol–water partition coefficient (Wildman–Crippen LogP) is 2.49. The van der Waals surface area contributed by atoms with Crippen LogP contribution in [0, 0.1) is 0 Å². The Hall–Kier alpha value is -1.77. The number of rotatable bonds is 1. The van der Waals surface area contributed by atoms with Crippen molar-refractivity contribution in [2.24, 2.45) is 0 Å². The van der Waals surface area contributed by atoms with Gasteiger partial charge in [0.15, 0.2) is 5.69 Å². The summed E-state index contributed by atoms with van der Waals surface area (Å²) in [6.07, 6.45) is -3.77. The molecule has 2 heterocycles. The molecule has 2 atom stereocenters. The zero-order valence-corrected chi connectivity index (χ0v) is 12.7. The second kappa shape index (κ2) is 6.55. The van der Waals surface area contributed by atoms with Gasteiger partial charge in [0, 0.05) is 13.1 Å². The van der Waals surface area contributed by atoms with Crippen LogP contribution in [0.1, 0.15) is 19.5 Å². The quantitative estimate of drug-likeness (QED) is 0.850. The van der Waals surface area contributed by atoms with E-state index in [4.69, 9.17) is 5.11 Å². The molecule has 0 aromatic carbocycles. The highest BCUT2D eigenvalue weighted by atomic mass is 35.5. The van der Waals surface area contributed by atoms with Gasteiger partial charge in [0.1, 0.15) is 5.82 Å². The van der Waals surface area contributed by atoms with Crippen molar-refractivity contribution in [2.75, 3.05) is 18.0 Å².